The van der Waals surface area contributed by atoms with Gasteiger partial charge in [-0.1, -0.05) is 176 Å². The Balaban J connectivity index is 0.000000275. The predicted octanol–water partition coefficient (Wildman–Crippen LogP) is 12.6. The Bertz CT molecular complexity index is 1560. The summed E-state index contributed by atoms with van der Waals surface area (Å²) in [5, 5.41) is 0. The van der Waals surface area contributed by atoms with Gasteiger partial charge in [-0.2, -0.15) is 0 Å². The highest BCUT2D eigenvalue weighted by molar-refractivity contribution is 7.80. The lowest BCUT2D eigenvalue weighted by Crippen LogP contribution is -2.30. The molecule has 0 spiro atoms. The first-order valence-electron chi connectivity index (χ1n) is 19.2. The minimum atomic E-state index is -0.456. The van der Waals surface area contributed by atoms with E-state index in [1.165, 1.54) is 5.56 Å². The molecule has 0 saturated heterocycles. The highest BCUT2D eigenvalue weighted by Crippen LogP contribution is 2.49. The molecular formula is C47H62O3S3. The Labute approximate surface area is 337 Å². The number of thiocarbonyl (C=S) groups is 3. The monoisotopic (exact) mass is 770 g/mol. The van der Waals surface area contributed by atoms with E-state index in [9.17, 15) is 14.4 Å². The van der Waals surface area contributed by atoms with Crippen LogP contribution in [0.15, 0.2) is 91.0 Å². The molecule has 3 aromatic rings. The van der Waals surface area contributed by atoms with E-state index in [4.69, 9.17) is 36.7 Å². The lowest BCUT2D eigenvalue weighted by molar-refractivity contribution is -0.122. The van der Waals surface area contributed by atoms with Crippen molar-refractivity contribution in [3.63, 3.8) is 0 Å². The summed E-state index contributed by atoms with van der Waals surface area (Å²) >= 11 is 15.9. The fraction of sp³-hybridized carbons (Fsp3) is 0.489. The van der Waals surface area contributed by atoms with E-state index in [2.05, 4.69) is 53.7 Å². The van der Waals surface area contributed by atoms with Gasteiger partial charge in [0.2, 0.25) is 0 Å². The van der Waals surface area contributed by atoms with Crippen LogP contribution >= 0.6 is 36.7 Å². The van der Waals surface area contributed by atoms with Gasteiger partial charge >= 0.3 is 0 Å². The van der Waals surface area contributed by atoms with Crippen molar-refractivity contribution in [2.75, 3.05) is 0 Å². The maximum absolute atomic E-state index is 12.4. The van der Waals surface area contributed by atoms with E-state index in [0.717, 1.165) is 57.8 Å². The largest absolute Gasteiger partial charge is 0.299 e. The topological polar surface area (TPSA) is 51.2 Å². The summed E-state index contributed by atoms with van der Waals surface area (Å²) in [6, 6.07) is 29.9. The molecule has 53 heavy (non-hydrogen) atoms. The van der Waals surface area contributed by atoms with Crippen molar-refractivity contribution >= 4 is 68.6 Å². The molecule has 4 rings (SSSR count). The third-order valence-corrected chi connectivity index (χ3v) is 10.5. The molecule has 1 saturated carbocycles. The van der Waals surface area contributed by atoms with Crippen LogP contribution in [0.3, 0.4) is 0 Å². The molecule has 1 fully saturated rings. The Morgan fingerprint density at radius 2 is 0.981 bits per heavy atom. The molecule has 0 N–H and O–H groups in total. The lowest BCUT2D eigenvalue weighted by atomic mass is 9.78. The van der Waals surface area contributed by atoms with Gasteiger partial charge < -0.3 is 0 Å². The van der Waals surface area contributed by atoms with Gasteiger partial charge in [0, 0.05) is 45.2 Å². The molecule has 0 radical (unpaired) electrons. The minimum absolute atomic E-state index is 0.0543. The first-order valence-corrected chi connectivity index (χ1v) is 20.4. The zero-order valence-corrected chi connectivity index (χ0v) is 36.0. The maximum Gasteiger partial charge on any atom is 0.148 e. The van der Waals surface area contributed by atoms with E-state index < -0.39 is 5.41 Å². The highest BCUT2D eigenvalue weighted by Gasteiger charge is 2.50. The van der Waals surface area contributed by atoms with Crippen LogP contribution < -0.4 is 0 Å². The molecule has 6 heteroatoms. The van der Waals surface area contributed by atoms with Gasteiger partial charge in [-0.25, -0.2) is 0 Å². The second kappa shape index (κ2) is 22.4. The molecular weight excluding hydrogens is 709 g/mol. The molecule has 1 unspecified atom stereocenters. The van der Waals surface area contributed by atoms with Crippen molar-refractivity contribution in [2.24, 2.45) is 17.8 Å². The van der Waals surface area contributed by atoms with Gasteiger partial charge in [0.15, 0.2) is 0 Å². The fourth-order valence-corrected chi connectivity index (χ4v) is 7.64. The molecule has 0 aromatic heterocycles. The smallest absolute Gasteiger partial charge is 0.148 e. The third kappa shape index (κ3) is 16.1. The summed E-state index contributed by atoms with van der Waals surface area (Å²) < 4.78 is 0. The molecule has 1 atom stereocenters. The molecule has 0 aliphatic heterocycles. The molecule has 1 aliphatic rings. The third-order valence-electron chi connectivity index (χ3n) is 9.58. The SMILES string of the molecule is CC(C)CC(=S)CC(=O)C(C)(C)c1ccccc1.CC(C)CC(=S)CC(=O)C(C)c1ccccc1.CC(C)CC(=S)CC(=O)C1(c2ccccc2)CC1. The van der Waals surface area contributed by atoms with Gasteiger partial charge in [-0.05, 0) is 80.4 Å². The van der Waals surface area contributed by atoms with Crippen LogP contribution in [0.25, 0.3) is 0 Å². The van der Waals surface area contributed by atoms with Crippen molar-refractivity contribution in [3.8, 4) is 0 Å². The maximum atomic E-state index is 12.4. The lowest BCUT2D eigenvalue weighted by Gasteiger charge is -2.24. The summed E-state index contributed by atoms with van der Waals surface area (Å²) in [6.45, 7) is 18.7. The minimum Gasteiger partial charge on any atom is -0.299 e. The van der Waals surface area contributed by atoms with E-state index in [-0.39, 0.29) is 22.9 Å². The van der Waals surface area contributed by atoms with Crippen LogP contribution in [-0.4, -0.2) is 31.9 Å². The summed E-state index contributed by atoms with van der Waals surface area (Å²) in [5.41, 5.74) is 2.64. The highest BCUT2D eigenvalue weighted by atomic mass is 32.1. The number of hydrogen-bond donors (Lipinski definition) is 0. The van der Waals surface area contributed by atoms with Crippen LogP contribution in [0.4, 0.5) is 0 Å². The average Bonchev–Trinajstić information content (AvgIpc) is 3.91. The molecule has 0 heterocycles. The number of carbonyl (C=O) groups excluding carboxylic acids is 3. The second-order valence-corrected chi connectivity index (χ2v) is 18.1. The number of ketones is 3. The first kappa shape index (κ1) is 46.1. The summed E-state index contributed by atoms with van der Waals surface area (Å²) in [5.74, 6) is 2.28. The fourth-order valence-electron chi connectivity index (χ4n) is 6.23. The van der Waals surface area contributed by atoms with Gasteiger partial charge in [0.25, 0.3) is 0 Å². The first-order chi connectivity index (χ1) is 24.9. The zero-order chi connectivity index (χ0) is 39.8. The van der Waals surface area contributed by atoms with Crippen LogP contribution in [0, 0.1) is 17.8 Å². The second-order valence-electron chi connectivity index (χ2n) is 16.3. The Morgan fingerprint density at radius 3 is 1.42 bits per heavy atom. The van der Waals surface area contributed by atoms with E-state index >= 15 is 0 Å². The molecule has 1 aliphatic carbocycles. The molecule has 3 nitrogen and oxygen atoms in total. The normalized spacial score (nSPS) is 13.6. The van der Waals surface area contributed by atoms with E-state index in [0.29, 0.717) is 42.8 Å². The number of Topliss-reactive ketones (excluding diaryl/α,β-unsaturated/α-hetero) is 3. The molecule has 286 valence electrons. The standard InChI is InChI=1S/C16H20OS.C16H22OS.C15H20OS/c1-12(2)10-14(18)11-15(17)16(8-9-16)13-6-4-3-5-7-13;1-12(2)10-14(18)11-15(17)16(3,4)13-8-6-5-7-9-13;1-11(2)9-14(17)10-15(16)12(3)13-7-5-4-6-8-13/h3-7,12H,8-11H2,1-2H3;5-9,12H,10-11H2,1-4H3;4-8,11-12H,9-10H2,1-3H3. The summed E-state index contributed by atoms with van der Waals surface area (Å²) in [7, 11) is 0. The van der Waals surface area contributed by atoms with Crippen LogP contribution in [0.1, 0.15) is 136 Å². The van der Waals surface area contributed by atoms with Gasteiger partial charge in [0.05, 0.1) is 5.41 Å². The Morgan fingerprint density at radius 1 is 0.585 bits per heavy atom. The van der Waals surface area contributed by atoms with E-state index in [1.807, 2.05) is 99.6 Å². The van der Waals surface area contributed by atoms with Crippen molar-refractivity contribution in [2.45, 2.75) is 130 Å². The quantitative estimate of drug-likeness (QED) is 0.120. The number of hydrogen-bond acceptors (Lipinski definition) is 6. The molecule has 3 aromatic carbocycles. The predicted molar refractivity (Wildman–Crippen MR) is 237 cm³/mol. The van der Waals surface area contributed by atoms with Crippen molar-refractivity contribution in [1.29, 1.82) is 0 Å². The van der Waals surface area contributed by atoms with Gasteiger partial charge in [-0.3, -0.25) is 14.4 Å². The van der Waals surface area contributed by atoms with Gasteiger partial charge in [0.1, 0.15) is 17.3 Å². The number of rotatable bonds is 18. The van der Waals surface area contributed by atoms with Gasteiger partial charge in [-0.15, -0.1) is 0 Å². The zero-order valence-electron chi connectivity index (χ0n) is 33.6. The van der Waals surface area contributed by atoms with Crippen LogP contribution in [-0.2, 0) is 25.2 Å². The Kier molecular flexibility index (Phi) is 19.4. The number of carbonyl (C=O) groups is 3. The summed E-state index contributed by atoms with van der Waals surface area (Å²) in [4.78, 5) is 39.5. The van der Waals surface area contributed by atoms with Crippen molar-refractivity contribution < 1.29 is 14.4 Å². The van der Waals surface area contributed by atoms with Crippen molar-refractivity contribution in [3.05, 3.63) is 108 Å². The summed E-state index contributed by atoms with van der Waals surface area (Å²) in [6.07, 6.45) is 5.89. The molecule has 0 amide bonds. The molecule has 0 bridgehead atoms. The Hall–Kier alpha value is -3.06. The average molecular weight is 771 g/mol. The van der Waals surface area contributed by atoms with Crippen LogP contribution in [0.2, 0.25) is 0 Å². The van der Waals surface area contributed by atoms with E-state index in [1.54, 1.807) is 0 Å². The van der Waals surface area contributed by atoms with Crippen molar-refractivity contribution in [1.82, 2.24) is 0 Å². The number of benzene rings is 3. The van der Waals surface area contributed by atoms with Crippen LogP contribution in [0.5, 0.6) is 0 Å².